The third kappa shape index (κ3) is 4.27. The monoisotopic (exact) mass is 446 g/mol. The van der Waals surface area contributed by atoms with Gasteiger partial charge in [0.1, 0.15) is 11.5 Å². The summed E-state index contributed by atoms with van der Waals surface area (Å²) in [5, 5.41) is 7.54. The lowest BCUT2D eigenvalue weighted by molar-refractivity contribution is -0.151. The van der Waals surface area contributed by atoms with Crippen LogP contribution in [0.2, 0.25) is 0 Å². The van der Waals surface area contributed by atoms with E-state index in [-0.39, 0.29) is 17.4 Å². The Morgan fingerprint density at radius 2 is 1.85 bits per heavy atom. The maximum Gasteiger partial charge on any atom is 0.316 e. The van der Waals surface area contributed by atoms with Crippen molar-refractivity contribution < 1.29 is 9.53 Å². The average molecular weight is 447 g/mol. The fourth-order valence-electron chi connectivity index (χ4n) is 4.84. The summed E-state index contributed by atoms with van der Waals surface area (Å²) in [6.07, 6.45) is 4.98. The molecule has 0 bridgehead atoms. The molecule has 1 aliphatic carbocycles. The van der Waals surface area contributed by atoms with Crippen LogP contribution in [0, 0.1) is 5.41 Å². The first-order valence-corrected chi connectivity index (χ1v) is 11.5. The van der Waals surface area contributed by atoms with Crippen LogP contribution in [0.4, 0.5) is 0 Å². The van der Waals surface area contributed by atoms with Crippen LogP contribution in [-0.2, 0) is 28.4 Å². The number of esters is 1. The molecule has 7 nitrogen and oxygen atoms in total. The number of carbonyl (C=O) groups is 1. The van der Waals surface area contributed by atoms with Crippen molar-refractivity contribution in [2.24, 2.45) is 12.8 Å². The minimum atomic E-state index is -0.651. The van der Waals surface area contributed by atoms with E-state index in [1.54, 1.807) is 23.7 Å². The Balaban J connectivity index is 1.76. The first-order chi connectivity index (χ1) is 15.9. The van der Waals surface area contributed by atoms with Gasteiger partial charge in [0.25, 0.3) is 5.56 Å². The van der Waals surface area contributed by atoms with Crippen LogP contribution in [0.1, 0.15) is 61.4 Å². The number of fused-ring (bicyclic) bond motifs is 1. The van der Waals surface area contributed by atoms with E-state index >= 15 is 0 Å². The van der Waals surface area contributed by atoms with E-state index in [4.69, 9.17) is 20.9 Å². The maximum absolute atomic E-state index is 13.0. The van der Waals surface area contributed by atoms with Crippen molar-refractivity contribution in [3.05, 3.63) is 75.2 Å². The van der Waals surface area contributed by atoms with Crippen molar-refractivity contribution in [2.75, 3.05) is 6.61 Å². The highest BCUT2D eigenvalue weighted by Crippen LogP contribution is 2.41. The van der Waals surface area contributed by atoms with E-state index in [0.29, 0.717) is 29.8 Å². The Morgan fingerprint density at radius 3 is 2.48 bits per heavy atom. The topological polar surface area (TPSA) is 111 Å². The number of hydrogen-bond acceptors (Lipinski definition) is 5. The van der Waals surface area contributed by atoms with Crippen LogP contribution in [0.25, 0.3) is 11.0 Å². The first-order valence-electron chi connectivity index (χ1n) is 11.5. The SMILES string of the molecule is CCOC(=O)C1(c2ccc3c(c2)nc(Cc2ccc(C(=N)N)cc2)c(=O)n3C)CCCCC1. The smallest absolute Gasteiger partial charge is 0.316 e. The van der Waals surface area contributed by atoms with Gasteiger partial charge in [-0.3, -0.25) is 15.0 Å². The summed E-state index contributed by atoms with van der Waals surface area (Å²) >= 11 is 0. The molecule has 2 aromatic carbocycles. The van der Waals surface area contributed by atoms with Crippen molar-refractivity contribution in [3.63, 3.8) is 0 Å². The van der Waals surface area contributed by atoms with Crippen molar-refractivity contribution >= 4 is 22.8 Å². The highest BCUT2D eigenvalue weighted by Gasteiger charge is 2.42. The van der Waals surface area contributed by atoms with Crippen LogP contribution >= 0.6 is 0 Å². The molecule has 1 aromatic heterocycles. The highest BCUT2D eigenvalue weighted by molar-refractivity contribution is 5.94. The van der Waals surface area contributed by atoms with Crippen LogP contribution < -0.4 is 11.3 Å². The molecule has 3 N–H and O–H groups in total. The lowest BCUT2D eigenvalue weighted by Crippen LogP contribution is -2.39. The second-order valence-corrected chi connectivity index (χ2v) is 8.78. The van der Waals surface area contributed by atoms with Gasteiger partial charge in [0.05, 0.1) is 23.1 Å². The van der Waals surface area contributed by atoms with Gasteiger partial charge in [-0.25, -0.2) is 4.98 Å². The number of aromatic nitrogens is 2. The molecule has 1 heterocycles. The van der Waals surface area contributed by atoms with Gasteiger partial charge in [-0.15, -0.1) is 0 Å². The van der Waals surface area contributed by atoms with E-state index in [0.717, 1.165) is 48.7 Å². The number of carbonyl (C=O) groups excluding carboxylic acids is 1. The second kappa shape index (κ2) is 9.17. The Kier molecular flexibility index (Phi) is 6.31. The Labute approximate surface area is 193 Å². The Bertz CT molecular complexity index is 1260. The molecule has 4 rings (SSSR count). The number of nitrogens with two attached hydrogens (primary N) is 1. The molecule has 0 aliphatic heterocycles. The summed E-state index contributed by atoms with van der Waals surface area (Å²) in [7, 11) is 1.75. The van der Waals surface area contributed by atoms with E-state index in [2.05, 4.69) is 0 Å². The number of benzene rings is 2. The number of nitrogens with zero attached hydrogens (tertiary/aromatic N) is 2. The second-order valence-electron chi connectivity index (χ2n) is 8.78. The molecule has 1 aliphatic rings. The zero-order valence-corrected chi connectivity index (χ0v) is 19.2. The first kappa shape index (κ1) is 22.7. The van der Waals surface area contributed by atoms with Gasteiger partial charge >= 0.3 is 5.97 Å². The Hall–Kier alpha value is -3.48. The highest BCUT2D eigenvalue weighted by atomic mass is 16.5. The van der Waals surface area contributed by atoms with Gasteiger partial charge < -0.3 is 15.0 Å². The normalized spacial score (nSPS) is 15.3. The van der Waals surface area contributed by atoms with Crippen LogP contribution in [0.5, 0.6) is 0 Å². The number of rotatable bonds is 6. The number of amidine groups is 1. The third-order valence-corrected chi connectivity index (χ3v) is 6.71. The summed E-state index contributed by atoms with van der Waals surface area (Å²) in [5.41, 5.74) is 9.06. The predicted octanol–water partition coefficient (Wildman–Crippen LogP) is 3.57. The van der Waals surface area contributed by atoms with Crippen LogP contribution in [-0.4, -0.2) is 28.0 Å². The number of hydrogen-bond donors (Lipinski definition) is 2. The van der Waals surface area contributed by atoms with Gasteiger partial charge in [0.15, 0.2) is 0 Å². The van der Waals surface area contributed by atoms with Gasteiger partial charge in [0.2, 0.25) is 0 Å². The van der Waals surface area contributed by atoms with Crippen molar-refractivity contribution in [1.29, 1.82) is 5.41 Å². The Morgan fingerprint density at radius 1 is 1.15 bits per heavy atom. The van der Waals surface area contributed by atoms with Gasteiger partial charge in [-0.2, -0.15) is 0 Å². The zero-order chi connectivity index (χ0) is 23.6. The maximum atomic E-state index is 13.0. The van der Waals surface area contributed by atoms with Gasteiger partial charge in [-0.05, 0) is 43.0 Å². The largest absolute Gasteiger partial charge is 0.465 e. The van der Waals surface area contributed by atoms with Crippen molar-refractivity contribution in [3.8, 4) is 0 Å². The quantitative estimate of drug-likeness (QED) is 0.342. The number of aryl methyl sites for hydroxylation is 1. The molecule has 7 heteroatoms. The lowest BCUT2D eigenvalue weighted by Gasteiger charge is -2.35. The van der Waals surface area contributed by atoms with E-state index in [1.165, 1.54) is 0 Å². The predicted molar refractivity (Wildman–Crippen MR) is 129 cm³/mol. The molecule has 0 radical (unpaired) electrons. The molecule has 0 atom stereocenters. The number of nitrogen functional groups attached to an aromatic ring is 1. The fraction of sp³-hybridized carbons (Fsp3) is 0.385. The zero-order valence-electron chi connectivity index (χ0n) is 19.2. The summed E-state index contributed by atoms with van der Waals surface area (Å²) in [5.74, 6) is -0.160. The molecule has 0 saturated heterocycles. The van der Waals surface area contributed by atoms with Gasteiger partial charge in [-0.1, -0.05) is 49.6 Å². The van der Waals surface area contributed by atoms with Gasteiger partial charge in [0, 0.05) is 19.0 Å². The average Bonchev–Trinajstić information content (AvgIpc) is 2.83. The molecule has 1 saturated carbocycles. The molecule has 0 spiro atoms. The van der Waals surface area contributed by atoms with Crippen LogP contribution in [0.3, 0.4) is 0 Å². The summed E-state index contributed by atoms with van der Waals surface area (Å²) < 4.78 is 7.10. The minimum absolute atomic E-state index is 0.00654. The standard InChI is InChI=1S/C26H30N4O3/c1-3-33-25(32)26(13-5-4-6-14-26)19-11-12-22-20(16-19)29-21(24(31)30(22)2)15-17-7-9-18(10-8-17)23(27)28/h7-12,16H,3-6,13-15H2,1-2H3,(H3,27,28). The van der Waals surface area contributed by atoms with E-state index in [9.17, 15) is 9.59 Å². The summed E-state index contributed by atoms with van der Waals surface area (Å²) in [4.78, 5) is 30.7. The van der Waals surface area contributed by atoms with Crippen LogP contribution in [0.15, 0.2) is 47.3 Å². The molecular weight excluding hydrogens is 416 g/mol. The van der Waals surface area contributed by atoms with E-state index < -0.39 is 5.41 Å². The third-order valence-electron chi connectivity index (χ3n) is 6.71. The fourth-order valence-corrected chi connectivity index (χ4v) is 4.84. The molecule has 33 heavy (non-hydrogen) atoms. The number of nitrogens with one attached hydrogen (secondary N) is 1. The summed E-state index contributed by atoms with van der Waals surface area (Å²) in [6.45, 7) is 2.19. The molecule has 172 valence electrons. The molecule has 1 fully saturated rings. The van der Waals surface area contributed by atoms with Crippen molar-refractivity contribution in [1.82, 2.24) is 9.55 Å². The van der Waals surface area contributed by atoms with Crippen molar-refractivity contribution in [2.45, 2.75) is 50.9 Å². The lowest BCUT2D eigenvalue weighted by atomic mass is 9.69. The molecule has 0 amide bonds. The minimum Gasteiger partial charge on any atom is -0.465 e. The molecule has 0 unspecified atom stereocenters. The number of ether oxygens (including phenoxy) is 1. The molecular formula is C26H30N4O3. The molecule has 3 aromatic rings. The van der Waals surface area contributed by atoms with E-state index in [1.807, 2.05) is 37.3 Å². The summed E-state index contributed by atoms with van der Waals surface area (Å²) in [6, 6.07) is 13.1.